The van der Waals surface area contributed by atoms with E-state index in [-0.39, 0.29) is 18.3 Å². The van der Waals surface area contributed by atoms with Gasteiger partial charge in [0.2, 0.25) is 5.91 Å². The maximum absolute atomic E-state index is 13.0. The van der Waals surface area contributed by atoms with Crippen LogP contribution in [0, 0.1) is 12.7 Å². The van der Waals surface area contributed by atoms with Gasteiger partial charge in [0.1, 0.15) is 5.82 Å². The molecule has 7 heteroatoms. The van der Waals surface area contributed by atoms with Crippen LogP contribution in [0.15, 0.2) is 48.5 Å². The summed E-state index contributed by atoms with van der Waals surface area (Å²) in [7, 11) is 0. The van der Waals surface area contributed by atoms with Crippen LogP contribution in [-0.2, 0) is 17.8 Å². The van der Waals surface area contributed by atoms with Gasteiger partial charge in [-0.1, -0.05) is 29.8 Å². The van der Waals surface area contributed by atoms with E-state index in [0.29, 0.717) is 17.9 Å². The molecule has 0 fully saturated rings. The van der Waals surface area contributed by atoms with Crippen LogP contribution in [0.1, 0.15) is 17.0 Å². The number of carbonyl (C=O) groups excluding carboxylic acids is 1. The van der Waals surface area contributed by atoms with Gasteiger partial charge in [-0.3, -0.25) is 4.79 Å². The maximum Gasteiger partial charge on any atom is 0.224 e. The predicted octanol–water partition coefficient (Wildman–Crippen LogP) is 1.97. The molecule has 0 bridgehead atoms. The van der Waals surface area contributed by atoms with Crippen LogP contribution in [0.2, 0.25) is 0 Å². The number of hydrogen-bond acceptors (Lipinski definition) is 4. The molecule has 1 aromatic heterocycles. The van der Waals surface area contributed by atoms with Crippen LogP contribution in [0.3, 0.4) is 0 Å². The first-order valence-corrected chi connectivity index (χ1v) is 7.47. The van der Waals surface area contributed by atoms with Crippen LogP contribution >= 0.6 is 0 Å². The molecule has 122 valence electrons. The molecule has 0 aliphatic carbocycles. The van der Waals surface area contributed by atoms with Gasteiger partial charge in [-0.15, -0.1) is 5.10 Å². The highest BCUT2D eigenvalue weighted by molar-refractivity contribution is 5.78. The molecule has 6 nitrogen and oxygen atoms in total. The Balaban J connectivity index is 1.64. The first-order chi connectivity index (χ1) is 11.6. The van der Waals surface area contributed by atoms with Crippen molar-refractivity contribution < 1.29 is 9.18 Å². The zero-order valence-corrected chi connectivity index (χ0v) is 13.1. The molecular formula is C17H16FN5O. The number of nitrogens with zero attached hydrogens (tertiary/aromatic N) is 4. The lowest BCUT2D eigenvalue weighted by Gasteiger charge is -2.07. The summed E-state index contributed by atoms with van der Waals surface area (Å²) in [6.45, 7) is 2.17. The summed E-state index contributed by atoms with van der Waals surface area (Å²) in [4.78, 5) is 12.1. The summed E-state index contributed by atoms with van der Waals surface area (Å²) < 4.78 is 14.5. The molecule has 0 saturated carbocycles. The molecule has 3 rings (SSSR count). The minimum absolute atomic E-state index is 0.116. The molecule has 3 aromatic rings. The van der Waals surface area contributed by atoms with E-state index < -0.39 is 0 Å². The number of carbonyl (C=O) groups is 1. The molecular weight excluding hydrogens is 309 g/mol. The van der Waals surface area contributed by atoms with Crippen molar-refractivity contribution in [3.8, 4) is 5.69 Å². The quantitative estimate of drug-likeness (QED) is 0.778. The highest BCUT2D eigenvalue weighted by atomic mass is 19.1. The van der Waals surface area contributed by atoms with E-state index in [4.69, 9.17) is 0 Å². The van der Waals surface area contributed by atoms with Crippen molar-refractivity contribution in [3.63, 3.8) is 0 Å². The van der Waals surface area contributed by atoms with Crippen molar-refractivity contribution in [2.75, 3.05) is 0 Å². The summed E-state index contributed by atoms with van der Waals surface area (Å²) in [5.41, 5.74) is 2.69. The zero-order chi connectivity index (χ0) is 16.9. The lowest BCUT2D eigenvalue weighted by atomic mass is 10.1. The Morgan fingerprint density at radius 2 is 2.00 bits per heavy atom. The van der Waals surface area contributed by atoms with Crippen molar-refractivity contribution in [3.05, 3.63) is 71.3 Å². The molecule has 0 aliphatic heterocycles. The Hall–Kier alpha value is -3.09. The number of aryl methyl sites for hydroxylation is 1. The number of aromatic nitrogens is 4. The second-order valence-electron chi connectivity index (χ2n) is 5.43. The lowest BCUT2D eigenvalue weighted by Crippen LogP contribution is -2.26. The molecule has 2 aromatic carbocycles. The van der Waals surface area contributed by atoms with E-state index in [1.807, 2.05) is 31.2 Å². The first-order valence-electron chi connectivity index (χ1n) is 7.47. The van der Waals surface area contributed by atoms with Gasteiger partial charge in [0.25, 0.3) is 0 Å². The molecule has 0 unspecified atom stereocenters. The van der Waals surface area contributed by atoms with Crippen molar-refractivity contribution in [1.82, 2.24) is 25.5 Å². The topological polar surface area (TPSA) is 72.7 Å². The molecule has 1 N–H and O–H groups in total. The van der Waals surface area contributed by atoms with Crippen LogP contribution in [0.4, 0.5) is 4.39 Å². The average Bonchev–Trinajstić information content (AvgIpc) is 3.02. The summed E-state index contributed by atoms with van der Waals surface area (Å²) >= 11 is 0. The third-order valence-corrected chi connectivity index (χ3v) is 3.50. The number of benzene rings is 2. The predicted molar refractivity (Wildman–Crippen MR) is 85.8 cm³/mol. The maximum atomic E-state index is 13.0. The van der Waals surface area contributed by atoms with Crippen molar-refractivity contribution in [2.45, 2.75) is 19.9 Å². The van der Waals surface area contributed by atoms with Crippen LogP contribution < -0.4 is 5.32 Å². The highest BCUT2D eigenvalue weighted by Crippen LogP contribution is 2.09. The Morgan fingerprint density at radius 1 is 1.21 bits per heavy atom. The minimum atomic E-state index is -0.333. The van der Waals surface area contributed by atoms with E-state index in [0.717, 1.165) is 11.1 Å². The van der Waals surface area contributed by atoms with Crippen LogP contribution in [0.5, 0.6) is 0 Å². The number of rotatable bonds is 5. The molecule has 0 aliphatic rings. The number of hydrogen-bond donors (Lipinski definition) is 1. The molecule has 0 saturated heterocycles. The third kappa shape index (κ3) is 3.81. The van der Waals surface area contributed by atoms with E-state index in [1.54, 1.807) is 12.1 Å². The smallest absolute Gasteiger partial charge is 0.224 e. The van der Waals surface area contributed by atoms with E-state index >= 15 is 0 Å². The van der Waals surface area contributed by atoms with Crippen LogP contribution in [0.25, 0.3) is 5.69 Å². The normalized spacial score (nSPS) is 10.6. The summed E-state index contributed by atoms with van der Waals surface area (Å²) in [5, 5.41) is 14.2. The van der Waals surface area contributed by atoms with Gasteiger partial charge in [0.05, 0.1) is 18.7 Å². The third-order valence-electron chi connectivity index (χ3n) is 3.50. The minimum Gasteiger partial charge on any atom is -0.348 e. The number of halogens is 1. The van der Waals surface area contributed by atoms with Gasteiger partial charge in [-0.25, -0.2) is 4.39 Å². The lowest BCUT2D eigenvalue weighted by molar-refractivity contribution is -0.120. The van der Waals surface area contributed by atoms with Crippen molar-refractivity contribution in [2.24, 2.45) is 0 Å². The average molecular weight is 325 g/mol. The monoisotopic (exact) mass is 325 g/mol. The van der Waals surface area contributed by atoms with Crippen LogP contribution in [-0.4, -0.2) is 26.1 Å². The van der Waals surface area contributed by atoms with Gasteiger partial charge in [-0.2, -0.15) is 4.68 Å². The SMILES string of the molecule is Cc1cccc(CC(=O)NCc2nnnn2-c2ccc(F)cc2)c1. The number of tetrazole rings is 1. The van der Waals surface area contributed by atoms with Gasteiger partial charge in [0.15, 0.2) is 5.82 Å². The second-order valence-corrected chi connectivity index (χ2v) is 5.43. The van der Waals surface area contributed by atoms with Gasteiger partial charge in [0, 0.05) is 0 Å². The zero-order valence-electron chi connectivity index (χ0n) is 13.1. The molecule has 0 spiro atoms. The Bertz CT molecular complexity index is 844. The van der Waals surface area contributed by atoms with Crippen molar-refractivity contribution >= 4 is 5.91 Å². The van der Waals surface area contributed by atoms with Gasteiger partial charge >= 0.3 is 0 Å². The van der Waals surface area contributed by atoms with Gasteiger partial charge in [-0.05, 0) is 47.2 Å². The number of amides is 1. The largest absolute Gasteiger partial charge is 0.348 e. The Labute approximate surface area is 138 Å². The standard InChI is InChI=1S/C17H16FN5O/c1-12-3-2-4-13(9-12)10-17(24)19-11-16-20-21-22-23(16)15-7-5-14(18)6-8-15/h2-9H,10-11H2,1H3,(H,19,24). The van der Waals surface area contributed by atoms with E-state index in [9.17, 15) is 9.18 Å². The summed E-state index contributed by atoms with van der Waals surface area (Å²) in [5.74, 6) is 0.0216. The summed E-state index contributed by atoms with van der Waals surface area (Å²) in [6, 6.07) is 13.6. The Kier molecular flexibility index (Phi) is 4.60. The molecule has 0 radical (unpaired) electrons. The molecule has 1 heterocycles. The fourth-order valence-corrected chi connectivity index (χ4v) is 2.35. The summed E-state index contributed by atoms with van der Waals surface area (Å²) in [6.07, 6.45) is 0.291. The molecule has 0 atom stereocenters. The Morgan fingerprint density at radius 3 is 2.75 bits per heavy atom. The fourth-order valence-electron chi connectivity index (χ4n) is 2.35. The van der Waals surface area contributed by atoms with Crippen molar-refractivity contribution in [1.29, 1.82) is 0 Å². The van der Waals surface area contributed by atoms with E-state index in [2.05, 4.69) is 20.8 Å². The molecule has 24 heavy (non-hydrogen) atoms. The van der Waals surface area contributed by atoms with E-state index in [1.165, 1.54) is 16.8 Å². The second kappa shape index (κ2) is 6.99. The highest BCUT2D eigenvalue weighted by Gasteiger charge is 2.10. The first kappa shape index (κ1) is 15.8. The fraction of sp³-hybridized carbons (Fsp3) is 0.176. The molecule has 1 amide bonds. The van der Waals surface area contributed by atoms with Gasteiger partial charge < -0.3 is 5.32 Å². The number of nitrogens with one attached hydrogen (secondary N) is 1.